The van der Waals surface area contributed by atoms with Crippen molar-refractivity contribution in [2.24, 2.45) is 0 Å². The molecule has 0 amide bonds. The van der Waals surface area contributed by atoms with Gasteiger partial charge in [-0.3, -0.25) is 4.72 Å². The average molecular weight is 533 g/mol. The van der Waals surface area contributed by atoms with Crippen molar-refractivity contribution in [3.63, 3.8) is 0 Å². The molecule has 194 valence electrons. The fourth-order valence-electron chi connectivity index (χ4n) is 4.37. The molecule has 4 rings (SSSR count). The minimum absolute atomic E-state index is 0. The highest BCUT2D eigenvalue weighted by atomic mass is 35.5. The third kappa shape index (κ3) is 6.49. The molecule has 0 atom stereocenters. The van der Waals surface area contributed by atoms with Gasteiger partial charge < -0.3 is 14.7 Å². The van der Waals surface area contributed by atoms with Crippen molar-refractivity contribution in [3.05, 3.63) is 83.2 Å². The molecule has 0 unspecified atom stereocenters. The molecular formula is C27H34ClFN4O2S. The maximum Gasteiger partial charge on any atom is 0.261 e. The average Bonchev–Trinajstić information content (AvgIpc) is 3.00. The molecule has 0 aromatic heterocycles. The van der Waals surface area contributed by atoms with Gasteiger partial charge in [0.05, 0.1) is 16.3 Å². The van der Waals surface area contributed by atoms with Crippen molar-refractivity contribution in [2.75, 3.05) is 55.8 Å². The third-order valence-corrected chi connectivity index (χ3v) is 7.87. The summed E-state index contributed by atoms with van der Waals surface area (Å²) in [5.74, 6) is -0.275. The zero-order valence-corrected chi connectivity index (χ0v) is 22.8. The maximum absolute atomic E-state index is 13.3. The molecule has 1 heterocycles. The van der Waals surface area contributed by atoms with Gasteiger partial charge in [-0.2, -0.15) is 0 Å². The Kier molecular flexibility index (Phi) is 8.87. The number of nitrogens with zero attached hydrogens (tertiary/aromatic N) is 3. The normalized spacial score (nSPS) is 13.8. The predicted octanol–water partition coefficient (Wildman–Crippen LogP) is 4.78. The van der Waals surface area contributed by atoms with Crippen molar-refractivity contribution >= 4 is 39.5 Å². The van der Waals surface area contributed by atoms with E-state index >= 15 is 0 Å². The highest BCUT2D eigenvalue weighted by Crippen LogP contribution is 2.32. The van der Waals surface area contributed by atoms with E-state index in [2.05, 4.69) is 22.7 Å². The van der Waals surface area contributed by atoms with Gasteiger partial charge in [0.25, 0.3) is 10.0 Å². The maximum atomic E-state index is 13.3. The number of halogens is 2. The van der Waals surface area contributed by atoms with E-state index in [1.165, 1.54) is 23.3 Å². The fraction of sp³-hybridized carbons (Fsp3) is 0.333. The van der Waals surface area contributed by atoms with Crippen LogP contribution in [0.3, 0.4) is 0 Å². The lowest BCUT2D eigenvalue weighted by molar-refractivity contribution is 0.352. The molecule has 0 aliphatic carbocycles. The molecule has 0 saturated carbocycles. The lowest BCUT2D eigenvalue weighted by Crippen LogP contribution is -2.20. The molecule has 9 heteroatoms. The third-order valence-electron chi connectivity index (χ3n) is 6.49. The van der Waals surface area contributed by atoms with Crippen LogP contribution in [0.2, 0.25) is 0 Å². The van der Waals surface area contributed by atoms with Gasteiger partial charge in [-0.25, -0.2) is 12.8 Å². The molecule has 6 nitrogen and oxygen atoms in total. The zero-order chi connectivity index (χ0) is 25.2. The Labute approximate surface area is 220 Å². The van der Waals surface area contributed by atoms with Gasteiger partial charge in [-0.05, 0) is 85.1 Å². The van der Waals surface area contributed by atoms with E-state index in [1.54, 1.807) is 24.3 Å². The number of likely N-dealkylation sites (N-methyl/N-ethyl adjacent to an activating group) is 1. The van der Waals surface area contributed by atoms with Crippen LogP contribution in [0.5, 0.6) is 0 Å². The highest BCUT2D eigenvalue weighted by Gasteiger charge is 2.20. The van der Waals surface area contributed by atoms with Crippen LogP contribution in [-0.4, -0.2) is 54.6 Å². The highest BCUT2D eigenvalue weighted by molar-refractivity contribution is 7.92. The van der Waals surface area contributed by atoms with Gasteiger partial charge in [-0.1, -0.05) is 12.1 Å². The Balaban J connectivity index is 0.00000361. The van der Waals surface area contributed by atoms with Crippen molar-refractivity contribution < 1.29 is 12.8 Å². The molecule has 1 aliphatic rings. The summed E-state index contributed by atoms with van der Waals surface area (Å²) in [6.07, 6.45) is 1.85. The molecule has 0 saturated heterocycles. The Morgan fingerprint density at radius 1 is 0.917 bits per heavy atom. The smallest absolute Gasteiger partial charge is 0.261 e. The van der Waals surface area contributed by atoms with Crippen LogP contribution in [0.1, 0.15) is 16.7 Å². The summed E-state index contributed by atoms with van der Waals surface area (Å²) in [6.45, 7) is 2.52. The Hall–Kier alpha value is -2.81. The van der Waals surface area contributed by atoms with Crippen molar-refractivity contribution in [1.29, 1.82) is 0 Å². The number of sulfonamides is 1. The molecule has 1 N–H and O–H groups in total. The summed E-state index contributed by atoms with van der Waals surface area (Å²) < 4.78 is 42.6. The standard InChI is InChI=1S/C27H33FN4O2S.ClH/c1-30(2)27-18-22-14-16-31(3)15-13-21(22)17-26(27)29-35(33,34)25-11-5-20(6-12-25)19-32(4)24-9-7-23(28)8-10-24;/h5-12,17-18,29H,13-16,19H2,1-4H3;1H. The first-order valence-electron chi connectivity index (χ1n) is 11.7. The van der Waals surface area contributed by atoms with Gasteiger partial charge in [-0.15, -0.1) is 12.4 Å². The molecule has 1 aliphatic heterocycles. The predicted molar refractivity (Wildman–Crippen MR) is 149 cm³/mol. The monoisotopic (exact) mass is 532 g/mol. The van der Waals surface area contributed by atoms with E-state index in [-0.39, 0.29) is 23.1 Å². The summed E-state index contributed by atoms with van der Waals surface area (Å²) in [5, 5.41) is 0. The number of nitrogens with one attached hydrogen (secondary N) is 1. The molecule has 36 heavy (non-hydrogen) atoms. The Morgan fingerprint density at radius 2 is 1.50 bits per heavy atom. The molecule has 0 spiro atoms. The Bertz CT molecular complexity index is 1280. The van der Waals surface area contributed by atoms with Gasteiger partial charge in [0.2, 0.25) is 0 Å². The summed E-state index contributed by atoms with van der Waals surface area (Å²) in [7, 11) is 4.12. The zero-order valence-electron chi connectivity index (χ0n) is 21.2. The van der Waals surface area contributed by atoms with Crippen LogP contribution >= 0.6 is 12.4 Å². The molecule has 0 bridgehead atoms. The van der Waals surface area contributed by atoms with E-state index in [4.69, 9.17) is 0 Å². The quantitative estimate of drug-likeness (QED) is 0.474. The lowest BCUT2D eigenvalue weighted by atomic mass is 10.0. The van der Waals surface area contributed by atoms with Crippen molar-refractivity contribution in [1.82, 2.24) is 4.90 Å². The summed E-state index contributed by atoms with van der Waals surface area (Å²) in [5.41, 5.74) is 5.76. The van der Waals surface area contributed by atoms with Crippen LogP contribution in [0, 0.1) is 5.82 Å². The van der Waals surface area contributed by atoms with E-state index < -0.39 is 10.0 Å². The second-order valence-electron chi connectivity index (χ2n) is 9.42. The molecule has 0 radical (unpaired) electrons. The lowest BCUT2D eigenvalue weighted by Gasteiger charge is -2.22. The molecule has 3 aromatic carbocycles. The van der Waals surface area contributed by atoms with Gasteiger partial charge in [0.15, 0.2) is 0 Å². The van der Waals surface area contributed by atoms with Gasteiger partial charge in [0, 0.05) is 46.5 Å². The van der Waals surface area contributed by atoms with Gasteiger partial charge in [0.1, 0.15) is 5.82 Å². The first-order valence-corrected chi connectivity index (χ1v) is 13.2. The topological polar surface area (TPSA) is 55.9 Å². The van der Waals surface area contributed by atoms with Crippen molar-refractivity contribution in [3.8, 4) is 0 Å². The van der Waals surface area contributed by atoms with E-state index in [1.807, 2.05) is 49.1 Å². The second-order valence-corrected chi connectivity index (χ2v) is 11.1. The van der Waals surface area contributed by atoms with E-state index in [0.29, 0.717) is 12.2 Å². The number of fused-ring (bicyclic) bond motifs is 1. The first-order chi connectivity index (χ1) is 16.6. The SMILES string of the molecule is CN1CCc2cc(NS(=O)(=O)c3ccc(CN(C)c4ccc(F)cc4)cc3)c(N(C)C)cc2CC1.Cl. The minimum Gasteiger partial charge on any atom is -0.376 e. The van der Waals surface area contributed by atoms with Crippen LogP contribution in [0.25, 0.3) is 0 Å². The van der Waals surface area contributed by atoms with E-state index in [0.717, 1.165) is 42.9 Å². The summed E-state index contributed by atoms with van der Waals surface area (Å²) in [4.78, 5) is 6.44. The molecule has 0 fully saturated rings. The molecular weight excluding hydrogens is 499 g/mol. The number of hydrogen-bond acceptors (Lipinski definition) is 5. The fourth-order valence-corrected chi connectivity index (χ4v) is 5.43. The summed E-state index contributed by atoms with van der Waals surface area (Å²) >= 11 is 0. The number of rotatable bonds is 7. The second kappa shape index (κ2) is 11.5. The van der Waals surface area contributed by atoms with E-state index in [9.17, 15) is 12.8 Å². The number of anilines is 3. The Morgan fingerprint density at radius 3 is 2.08 bits per heavy atom. The largest absolute Gasteiger partial charge is 0.376 e. The number of benzene rings is 3. The first kappa shape index (κ1) is 27.8. The van der Waals surface area contributed by atoms with Crippen molar-refractivity contribution in [2.45, 2.75) is 24.3 Å². The van der Waals surface area contributed by atoms with Gasteiger partial charge >= 0.3 is 0 Å². The number of hydrogen-bond donors (Lipinski definition) is 1. The van der Waals surface area contributed by atoms with Crippen LogP contribution < -0.4 is 14.5 Å². The minimum atomic E-state index is -3.76. The molecule has 3 aromatic rings. The van der Waals surface area contributed by atoms with Crippen LogP contribution in [0.15, 0.2) is 65.6 Å². The van der Waals surface area contributed by atoms with Crippen LogP contribution in [-0.2, 0) is 29.4 Å². The summed E-state index contributed by atoms with van der Waals surface area (Å²) in [6, 6.07) is 17.3. The van der Waals surface area contributed by atoms with Crippen LogP contribution in [0.4, 0.5) is 21.5 Å².